The summed E-state index contributed by atoms with van der Waals surface area (Å²) in [6.45, 7) is 0. The van der Waals surface area contributed by atoms with Gasteiger partial charge >= 0.3 is 0 Å². The first kappa shape index (κ1) is 12.0. The molecular weight excluding hydrogens is 230 g/mol. The summed E-state index contributed by atoms with van der Waals surface area (Å²) < 4.78 is 0. The molecular formula is C7H3N7O3. The van der Waals surface area contributed by atoms with Crippen LogP contribution in [0.1, 0.15) is 0 Å². The largest absolute Gasteiger partial charge is 0.365 e. The summed E-state index contributed by atoms with van der Waals surface area (Å²) in [7, 11) is 0. The Kier molecular flexibility index (Phi) is 3.26. The third kappa shape index (κ3) is 2.12. The number of nitrogens with zero attached hydrogens (tertiary/aromatic N) is 6. The van der Waals surface area contributed by atoms with E-state index in [-0.39, 0.29) is 0 Å². The Bertz CT molecular complexity index is 587. The number of nitrogens with two attached hydrogens (primary N) is 1. The second-order valence-electron chi connectivity index (χ2n) is 2.69. The fourth-order valence-corrected chi connectivity index (χ4v) is 1.12. The quantitative estimate of drug-likeness (QED) is 0.185. The normalized spacial score (nSPS) is 14.7. The predicted molar refractivity (Wildman–Crippen MR) is 52.6 cm³/mol. The molecule has 0 bridgehead atoms. The molecule has 10 nitrogen and oxygen atoms in total. The Morgan fingerprint density at radius 3 is 2.29 bits per heavy atom. The molecule has 17 heavy (non-hydrogen) atoms. The van der Waals surface area contributed by atoms with E-state index in [1.165, 1.54) is 0 Å². The highest BCUT2D eigenvalue weighted by Crippen LogP contribution is 2.24. The summed E-state index contributed by atoms with van der Waals surface area (Å²) >= 11 is 0. The second-order valence-corrected chi connectivity index (χ2v) is 2.69. The summed E-state index contributed by atoms with van der Waals surface area (Å²) in [5.74, 6) is -3.54. The molecule has 1 rings (SSSR count). The maximum absolute atomic E-state index is 11.3. The summed E-state index contributed by atoms with van der Waals surface area (Å²) in [6.07, 6.45) is 0.665. The van der Waals surface area contributed by atoms with Crippen LogP contribution >= 0.6 is 0 Å². The Balaban J connectivity index is 3.63. The molecule has 1 aliphatic rings. The van der Waals surface area contributed by atoms with Gasteiger partial charge in [-0.1, -0.05) is 10.2 Å². The van der Waals surface area contributed by atoms with Crippen molar-refractivity contribution >= 4 is 17.5 Å². The number of azide groups is 2. The lowest BCUT2D eigenvalue weighted by Gasteiger charge is -2.11. The standard InChI is InChI=1S/C7H3N7O3/c8-7(17)4-5(12-14-10)2(11-13-9)1-3(15)6(4)16/h1H,(H2,8,17). The molecule has 1 amide bonds. The van der Waals surface area contributed by atoms with Crippen LogP contribution in [-0.4, -0.2) is 17.5 Å². The van der Waals surface area contributed by atoms with E-state index in [4.69, 9.17) is 16.8 Å². The molecule has 1 aliphatic carbocycles. The van der Waals surface area contributed by atoms with Gasteiger partial charge in [-0.3, -0.25) is 14.4 Å². The van der Waals surface area contributed by atoms with Crippen molar-refractivity contribution < 1.29 is 14.4 Å². The fraction of sp³-hybridized carbons (Fsp3) is 0. The van der Waals surface area contributed by atoms with Gasteiger partial charge in [-0.15, -0.1) is 0 Å². The minimum absolute atomic E-state index is 0.427. The number of Topliss-reactive ketones (excluding diaryl/α,β-unsaturated/α-hetero) is 1. The van der Waals surface area contributed by atoms with Gasteiger partial charge in [0.2, 0.25) is 11.6 Å². The van der Waals surface area contributed by atoms with E-state index < -0.39 is 34.4 Å². The Morgan fingerprint density at radius 1 is 1.24 bits per heavy atom. The van der Waals surface area contributed by atoms with E-state index in [2.05, 4.69) is 20.1 Å². The van der Waals surface area contributed by atoms with Crippen LogP contribution in [0.2, 0.25) is 0 Å². The SMILES string of the molecule is [N-]=[N+]=NC1=CC(=O)C(=O)C(C(N)=O)=C1N=[N+]=[N-]. The smallest absolute Gasteiger partial charge is 0.253 e. The van der Waals surface area contributed by atoms with Crippen molar-refractivity contribution in [1.82, 2.24) is 0 Å². The highest BCUT2D eigenvalue weighted by Gasteiger charge is 2.31. The van der Waals surface area contributed by atoms with Crippen molar-refractivity contribution in [3.8, 4) is 0 Å². The Morgan fingerprint density at radius 2 is 1.82 bits per heavy atom. The second kappa shape index (κ2) is 4.62. The average molecular weight is 233 g/mol. The van der Waals surface area contributed by atoms with E-state index in [1.54, 1.807) is 0 Å². The Hall–Kier alpha value is -3.09. The first-order chi connectivity index (χ1) is 8.02. The van der Waals surface area contributed by atoms with Crippen LogP contribution in [0.25, 0.3) is 20.9 Å². The van der Waals surface area contributed by atoms with Crippen LogP contribution in [0.3, 0.4) is 0 Å². The van der Waals surface area contributed by atoms with Crippen LogP contribution in [-0.2, 0) is 14.4 Å². The van der Waals surface area contributed by atoms with Crippen molar-refractivity contribution in [2.24, 2.45) is 16.0 Å². The summed E-state index contributed by atoms with van der Waals surface area (Å²) in [4.78, 5) is 38.2. The van der Waals surface area contributed by atoms with Gasteiger partial charge in [0.1, 0.15) is 5.57 Å². The Labute approximate surface area is 92.6 Å². The van der Waals surface area contributed by atoms with Crippen molar-refractivity contribution in [2.45, 2.75) is 0 Å². The highest BCUT2D eigenvalue weighted by molar-refractivity contribution is 6.53. The minimum Gasteiger partial charge on any atom is -0.365 e. The van der Waals surface area contributed by atoms with Gasteiger partial charge < -0.3 is 5.73 Å². The maximum atomic E-state index is 11.3. The van der Waals surface area contributed by atoms with Crippen LogP contribution in [0, 0.1) is 0 Å². The van der Waals surface area contributed by atoms with E-state index in [0.717, 1.165) is 0 Å². The molecule has 0 radical (unpaired) electrons. The summed E-state index contributed by atoms with van der Waals surface area (Å²) in [6, 6.07) is 0. The van der Waals surface area contributed by atoms with Gasteiger partial charge in [-0.05, 0) is 17.1 Å². The lowest BCUT2D eigenvalue weighted by atomic mass is 9.97. The number of carbonyl (C=O) groups is 3. The van der Waals surface area contributed by atoms with Gasteiger partial charge in [0.05, 0.1) is 11.4 Å². The molecule has 2 N–H and O–H groups in total. The molecule has 0 aliphatic heterocycles. The first-order valence-electron chi connectivity index (χ1n) is 3.98. The molecule has 0 saturated heterocycles. The van der Waals surface area contributed by atoms with Crippen LogP contribution in [0.15, 0.2) is 33.3 Å². The molecule has 0 saturated carbocycles. The van der Waals surface area contributed by atoms with Gasteiger partial charge in [0.25, 0.3) is 5.91 Å². The van der Waals surface area contributed by atoms with Crippen molar-refractivity contribution in [3.63, 3.8) is 0 Å². The van der Waals surface area contributed by atoms with E-state index in [9.17, 15) is 14.4 Å². The summed E-state index contributed by atoms with van der Waals surface area (Å²) in [5, 5.41) is 6.06. The van der Waals surface area contributed by atoms with E-state index in [0.29, 0.717) is 6.08 Å². The number of allylic oxidation sites excluding steroid dienone is 1. The number of carbonyl (C=O) groups excluding carboxylic acids is 3. The van der Waals surface area contributed by atoms with Crippen LogP contribution in [0.5, 0.6) is 0 Å². The molecule has 0 aromatic carbocycles. The predicted octanol–water partition coefficient (Wildman–Crippen LogP) is 0.382. The third-order valence-electron chi connectivity index (χ3n) is 1.74. The highest BCUT2D eigenvalue weighted by atomic mass is 16.2. The number of primary amides is 1. The fourth-order valence-electron chi connectivity index (χ4n) is 1.12. The summed E-state index contributed by atoms with van der Waals surface area (Å²) in [5.41, 5.74) is 19.6. The number of rotatable bonds is 3. The number of hydrogen-bond acceptors (Lipinski definition) is 5. The molecule has 0 aromatic rings. The average Bonchev–Trinajstić information content (AvgIpc) is 2.25. The van der Waals surface area contributed by atoms with Crippen LogP contribution in [0.4, 0.5) is 0 Å². The number of hydrogen-bond donors (Lipinski definition) is 1. The zero-order chi connectivity index (χ0) is 13.0. The zero-order valence-corrected chi connectivity index (χ0v) is 8.06. The topological polar surface area (TPSA) is 175 Å². The van der Waals surface area contributed by atoms with Crippen molar-refractivity contribution in [3.05, 3.63) is 43.9 Å². The molecule has 0 fully saturated rings. The lowest BCUT2D eigenvalue weighted by molar-refractivity contribution is -0.133. The first-order valence-corrected chi connectivity index (χ1v) is 3.98. The third-order valence-corrected chi connectivity index (χ3v) is 1.74. The number of amides is 1. The molecule has 84 valence electrons. The molecule has 0 aromatic heterocycles. The van der Waals surface area contributed by atoms with Crippen molar-refractivity contribution in [2.75, 3.05) is 0 Å². The minimum atomic E-state index is -1.25. The van der Waals surface area contributed by atoms with E-state index in [1.807, 2.05) is 0 Å². The van der Waals surface area contributed by atoms with Crippen LogP contribution < -0.4 is 5.73 Å². The molecule has 0 unspecified atom stereocenters. The van der Waals surface area contributed by atoms with Gasteiger partial charge in [0, 0.05) is 9.82 Å². The van der Waals surface area contributed by atoms with Gasteiger partial charge in [0.15, 0.2) is 0 Å². The van der Waals surface area contributed by atoms with Crippen molar-refractivity contribution in [1.29, 1.82) is 0 Å². The maximum Gasteiger partial charge on any atom is 0.253 e. The molecule has 0 heterocycles. The van der Waals surface area contributed by atoms with Gasteiger partial charge in [-0.25, -0.2) is 0 Å². The molecule has 10 heteroatoms. The zero-order valence-electron chi connectivity index (χ0n) is 8.06. The van der Waals surface area contributed by atoms with E-state index >= 15 is 0 Å². The lowest BCUT2D eigenvalue weighted by Crippen LogP contribution is -2.29. The number of ketones is 2. The molecule has 0 atom stereocenters. The monoisotopic (exact) mass is 233 g/mol. The van der Waals surface area contributed by atoms with Gasteiger partial charge in [-0.2, -0.15) is 0 Å². The molecule has 0 spiro atoms.